The summed E-state index contributed by atoms with van der Waals surface area (Å²) in [6, 6.07) is 23.7. The number of rotatable bonds is 6. The number of ketones is 1. The molecule has 26 heavy (non-hydrogen) atoms. The number of nitrogens with one attached hydrogen (secondary N) is 1. The predicted molar refractivity (Wildman–Crippen MR) is 102 cm³/mol. The number of ether oxygens (including phenoxy) is 1. The van der Waals surface area contributed by atoms with E-state index in [-0.39, 0.29) is 11.7 Å². The van der Waals surface area contributed by atoms with Crippen LogP contribution in [0.25, 0.3) is 0 Å². The Bertz CT molecular complexity index is 902. The molecule has 3 aromatic carbocycles. The first-order valence-electron chi connectivity index (χ1n) is 8.31. The molecule has 4 heteroatoms. The van der Waals surface area contributed by atoms with Gasteiger partial charge in [0.05, 0.1) is 0 Å². The molecule has 0 aliphatic rings. The van der Waals surface area contributed by atoms with E-state index in [4.69, 9.17) is 4.74 Å². The molecule has 0 radical (unpaired) electrons. The van der Waals surface area contributed by atoms with Gasteiger partial charge in [0.2, 0.25) is 0 Å². The summed E-state index contributed by atoms with van der Waals surface area (Å²) in [4.78, 5) is 23.8. The van der Waals surface area contributed by atoms with E-state index in [1.165, 1.54) is 6.92 Å². The highest BCUT2D eigenvalue weighted by atomic mass is 16.5. The Balaban J connectivity index is 1.61. The second-order valence-corrected chi connectivity index (χ2v) is 5.89. The SMILES string of the molecule is CC(=O)c1cccc(NC(=O)c2ccc(OCc3ccccc3)cc2)c1. The van der Waals surface area contributed by atoms with Gasteiger partial charge in [0.25, 0.3) is 5.91 Å². The third-order valence-corrected chi connectivity index (χ3v) is 3.89. The summed E-state index contributed by atoms with van der Waals surface area (Å²) < 4.78 is 5.72. The molecule has 130 valence electrons. The summed E-state index contributed by atoms with van der Waals surface area (Å²) in [6.07, 6.45) is 0. The van der Waals surface area contributed by atoms with Crippen LogP contribution in [0.4, 0.5) is 5.69 Å². The maximum atomic E-state index is 12.3. The zero-order chi connectivity index (χ0) is 18.4. The van der Waals surface area contributed by atoms with Gasteiger partial charge in [0, 0.05) is 16.8 Å². The Kier molecular flexibility index (Phi) is 5.44. The van der Waals surface area contributed by atoms with Crippen molar-refractivity contribution in [2.45, 2.75) is 13.5 Å². The fraction of sp³-hybridized carbons (Fsp3) is 0.0909. The topological polar surface area (TPSA) is 55.4 Å². The van der Waals surface area contributed by atoms with Gasteiger partial charge in [0.1, 0.15) is 12.4 Å². The van der Waals surface area contributed by atoms with E-state index in [9.17, 15) is 9.59 Å². The number of carbonyl (C=O) groups excluding carboxylic acids is 2. The predicted octanol–water partition coefficient (Wildman–Crippen LogP) is 4.72. The summed E-state index contributed by atoms with van der Waals surface area (Å²) in [6.45, 7) is 1.97. The van der Waals surface area contributed by atoms with Crippen LogP contribution in [0.1, 0.15) is 33.2 Å². The largest absolute Gasteiger partial charge is 0.489 e. The van der Waals surface area contributed by atoms with Crippen LogP contribution in [-0.4, -0.2) is 11.7 Å². The molecule has 0 fully saturated rings. The third-order valence-electron chi connectivity index (χ3n) is 3.89. The third kappa shape index (κ3) is 4.57. The number of Topliss-reactive ketones (excluding diaryl/α,β-unsaturated/α-hetero) is 1. The lowest BCUT2D eigenvalue weighted by Crippen LogP contribution is -2.12. The summed E-state index contributed by atoms with van der Waals surface area (Å²) in [7, 11) is 0. The van der Waals surface area contributed by atoms with Crippen LogP contribution in [0.15, 0.2) is 78.9 Å². The van der Waals surface area contributed by atoms with E-state index in [0.29, 0.717) is 29.2 Å². The minimum absolute atomic E-state index is 0.0407. The summed E-state index contributed by atoms with van der Waals surface area (Å²) in [5, 5.41) is 2.80. The molecule has 0 bridgehead atoms. The number of hydrogen-bond acceptors (Lipinski definition) is 3. The Morgan fingerprint density at radius 3 is 2.27 bits per heavy atom. The van der Waals surface area contributed by atoms with Crippen molar-refractivity contribution in [3.8, 4) is 5.75 Å². The minimum Gasteiger partial charge on any atom is -0.489 e. The fourth-order valence-corrected chi connectivity index (χ4v) is 2.46. The first-order chi connectivity index (χ1) is 12.6. The summed E-state index contributed by atoms with van der Waals surface area (Å²) >= 11 is 0. The van der Waals surface area contributed by atoms with E-state index in [2.05, 4.69) is 5.32 Å². The van der Waals surface area contributed by atoms with Gasteiger partial charge in [0.15, 0.2) is 5.78 Å². The van der Waals surface area contributed by atoms with E-state index < -0.39 is 0 Å². The molecule has 1 N–H and O–H groups in total. The van der Waals surface area contributed by atoms with Crippen LogP contribution in [0.3, 0.4) is 0 Å². The number of benzene rings is 3. The Labute approximate surface area is 152 Å². The number of carbonyl (C=O) groups is 2. The summed E-state index contributed by atoms with van der Waals surface area (Å²) in [5.41, 5.74) is 2.75. The number of anilines is 1. The maximum absolute atomic E-state index is 12.3. The molecule has 0 heterocycles. The van der Waals surface area contributed by atoms with E-state index >= 15 is 0 Å². The summed E-state index contributed by atoms with van der Waals surface area (Å²) in [5.74, 6) is 0.422. The van der Waals surface area contributed by atoms with Crippen LogP contribution in [0.5, 0.6) is 5.75 Å². The monoisotopic (exact) mass is 345 g/mol. The Morgan fingerprint density at radius 1 is 0.846 bits per heavy atom. The van der Waals surface area contributed by atoms with E-state index in [1.807, 2.05) is 30.3 Å². The highest BCUT2D eigenvalue weighted by molar-refractivity contribution is 6.05. The molecule has 0 spiro atoms. The minimum atomic E-state index is -0.236. The van der Waals surface area contributed by atoms with Crippen molar-refractivity contribution in [1.29, 1.82) is 0 Å². The smallest absolute Gasteiger partial charge is 0.255 e. The lowest BCUT2D eigenvalue weighted by molar-refractivity contribution is 0.101. The molecule has 3 rings (SSSR count). The van der Waals surface area contributed by atoms with Gasteiger partial charge in [-0.15, -0.1) is 0 Å². The van der Waals surface area contributed by atoms with E-state index in [1.54, 1.807) is 48.5 Å². The molecule has 0 unspecified atom stereocenters. The van der Waals surface area contributed by atoms with Crippen LogP contribution >= 0.6 is 0 Å². The number of hydrogen-bond donors (Lipinski definition) is 1. The highest BCUT2D eigenvalue weighted by Crippen LogP contribution is 2.17. The van der Waals surface area contributed by atoms with E-state index in [0.717, 1.165) is 5.56 Å². The molecule has 0 aliphatic carbocycles. The quantitative estimate of drug-likeness (QED) is 0.658. The molecule has 4 nitrogen and oxygen atoms in total. The molecule has 0 aromatic heterocycles. The van der Waals surface area contributed by atoms with Crippen molar-refractivity contribution in [2.75, 3.05) is 5.32 Å². The fourth-order valence-electron chi connectivity index (χ4n) is 2.46. The lowest BCUT2D eigenvalue weighted by Gasteiger charge is -2.09. The van der Waals surface area contributed by atoms with Gasteiger partial charge < -0.3 is 10.1 Å². The second-order valence-electron chi connectivity index (χ2n) is 5.89. The second kappa shape index (κ2) is 8.12. The standard InChI is InChI=1S/C22H19NO3/c1-16(24)19-8-5-9-20(14-19)23-22(25)18-10-12-21(13-11-18)26-15-17-6-3-2-4-7-17/h2-14H,15H2,1H3,(H,23,25). The van der Waals surface area contributed by atoms with Crippen molar-refractivity contribution in [1.82, 2.24) is 0 Å². The van der Waals surface area contributed by atoms with Gasteiger partial charge in [-0.1, -0.05) is 42.5 Å². The van der Waals surface area contributed by atoms with Crippen molar-refractivity contribution >= 4 is 17.4 Å². The van der Waals surface area contributed by atoms with Crippen molar-refractivity contribution in [2.24, 2.45) is 0 Å². The van der Waals surface area contributed by atoms with Gasteiger partial charge in [-0.25, -0.2) is 0 Å². The molecule has 0 atom stereocenters. The molecule has 0 aliphatic heterocycles. The molecular formula is C22H19NO3. The van der Waals surface area contributed by atoms with Gasteiger partial charge in [-0.05, 0) is 48.9 Å². The maximum Gasteiger partial charge on any atom is 0.255 e. The molecular weight excluding hydrogens is 326 g/mol. The number of amides is 1. The van der Waals surface area contributed by atoms with Gasteiger partial charge >= 0.3 is 0 Å². The molecule has 0 saturated carbocycles. The highest BCUT2D eigenvalue weighted by Gasteiger charge is 2.08. The first-order valence-corrected chi connectivity index (χ1v) is 8.31. The van der Waals surface area contributed by atoms with Crippen LogP contribution in [-0.2, 0) is 6.61 Å². The Hall–Kier alpha value is -3.40. The molecule has 1 amide bonds. The van der Waals surface area contributed by atoms with Gasteiger partial charge in [-0.3, -0.25) is 9.59 Å². The average Bonchev–Trinajstić information content (AvgIpc) is 2.68. The van der Waals surface area contributed by atoms with Crippen LogP contribution < -0.4 is 10.1 Å². The zero-order valence-electron chi connectivity index (χ0n) is 14.4. The van der Waals surface area contributed by atoms with Crippen LogP contribution in [0, 0.1) is 0 Å². The first kappa shape index (κ1) is 17.4. The molecule has 0 saturated heterocycles. The lowest BCUT2D eigenvalue weighted by atomic mass is 10.1. The van der Waals surface area contributed by atoms with Gasteiger partial charge in [-0.2, -0.15) is 0 Å². The van der Waals surface area contributed by atoms with Crippen molar-refractivity contribution < 1.29 is 14.3 Å². The van der Waals surface area contributed by atoms with Crippen LogP contribution in [0.2, 0.25) is 0 Å². The van der Waals surface area contributed by atoms with Crippen molar-refractivity contribution in [3.05, 3.63) is 95.6 Å². The molecule has 3 aromatic rings. The normalized spacial score (nSPS) is 10.2. The Morgan fingerprint density at radius 2 is 1.58 bits per heavy atom. The van der Waals surface area contributed by atoms with Crippen molar-refractivity contribution in [3.63, 3.8) is 0 Å². The average molecular weight is 345 g/mol. The zero-order valence-corrected chi connectivity index (χ0v) is 14.4.